The summed E-state index contributed by atoms with van der Waals surface area (Å²) in [6.07, 6.45) is -10.5. The van der Waals surface area contributed by atoms with E-state index in [0.717, 1.165) is 24.2 Å². The Hall–Kier alpha value is -2.84. The second kappa shape index (κ2) is 10.6. The second-order valence-corrected chi connectivity index (χ2v) is 9.18. The van der Waals surface area contributed by atoms with Crippen LogP contribution in [-0.4, -0.2) is 24.1 Å². The van der Waals surface area contributed by atoms with E-state index < -0.39 is 29.6 Å². The van der Waals surface area contributed by atoms with Gasteiger partial charge < -0.3 is 4.74 Å². The molecule has 0 bridgehead atoms. The SMILES string of the molecule is CC(O[C@H]1CCN(Cc2ccccc2)C[C@H]1c1ccccc1)c1cc(C(F)(F)F)cc(C(F)(F)F)c1. The molecule has 1 unspecified atom stereocenters. The summed E-state index contributed by atoms with van der Waals surface area (Å²) in [5, 5.41) is 0. The van der Waals surface area contributed by atoms with E-state index >= 15 is 0 Å². The minimum atomic E-state index is -4.90. The summed E-state index contributed by atoms with van der Waals surface area (Å²) in [6, 6.07) is 21.3. The number of hydrogen-bond acceptors (Lipinski definition) is 2. The number of rotatable bonds is 6. The predicted octanol–water partition coefficient (Wildman–Crippen LogP) is 7.86. The molecule has 3 aromatic rings. The van der Waals surface area contributed by atoms with Crippen LogP contribution in [0.25, 0.3) is 0 Å². The lowest BCUT2D eigenvalue weighted by Gasteiger charge is -2.40. The molecule has 8 heteroatoms. The summed E-state index contributed by atoms with van der Waals surface area (Å²) in [7, 11) is 0. The molecule has 1 heterocycles. The van der Waals surface area contributed by atoms with Crippen molar-refractivity contribution in [2.75, 3.05) is 13.1 Å². The smallest absolute Gasteiger partial charge is 0.370 e. The van der Waals surface area contributed by atoms with Gasteiger partial charge in [-0.2, -0.15) is 26.3 Å². The molecule has 4 rings (SSSR count). The lowest BCUT2D eigenvalue weighted by Crippen LogP contribution is -2.42. The second-order valence-electron chi connectivity index (χ2n) is 9.18. The third-order valence-electron chi connectivity index (χ3n) is 6.57. The zero-order valence-corrected chi connectivity index (χ0v) is 19.7. The number of halogens is 6. The third kappa shape index (κ3) is 6.48. The molecule has 192 valence electrons. The Bertz CT molecular complexity index is 1100. The maximum Gasteiger partial charge on any atom is 0.416 e. The normalized spacial score (nSPS) is 20.3. The molecule has 1 saturated heterocycles. The number of hydrogen-bond donors (Lipinski definition) is 0. The van der Waals surface area contributed by atoms with E-state index in [1.807, 2.05) is 60.7 Å². The van der Waals surface area contributed by atoms with E-state index in [9.17, 15) is 26.3 Å². The largest absolute Gasteiger partial charge is 0.416 e. The molecule has 1 aliphatic rings. The average Bonchev–Trinajstić information content (AvgIpc) is 2.85. The van der Waals surface area contributed by atoms with Crippen LogP contribution in [0.2, 0.25) is 0 Å². The number of piperidine rings is 1. The van der Waals surface area contributed by atoms with Gasteiger partial charge in [-0.15, -0.1) is 0 Å². The molecule has 3 aromatic carbocycles. The maximum atomic E-state index is 13.3. The van der Waals surface area contributed by atoms with Crippen LogP contribution in [-0.2, 0) is 23.6 Å². The van der Waals surface area contributed by atoms with Crippen molar-refractivity contribution in [3.63, 3.8) is 0 Å². The van der Waals surface area contributed by atoms with Crippen molar-refractivity contribution in [1.29, 1.82) is 0 Å². The number of alkyl halides is 6. The highest BCUT2D eigenvalue weighted by molar-refractivity contribution is 5.35. The molecule has 0 amide bonds. The number of likely N-dealkylation sites (tertiary alicyclic amines) is 1. The minimum absolute atomic E-state index is 0.0843. The van der Waals surface area contributed by atoms with E-state index in [2.05, 4.69) is 4.90 Å². The van der Waals surface area contributed by atoms with Gasteiger partial charge in [-0.05, 0) is 48.2 Å². The molecule has 0 aliphatic carbocycles. The van der Waals surface area contributed by atoms with Crippen LogP contribution in [0.3, 0.4) is 0 Å². The lowest BCUT2D eigenvalue weighted by molar-refractivity contribution is -0.143. The van der Waals surface area contributed by atoms with E-state index in [1.54, 1.807) is 0 Å². The first-order valence-electron chi connectivity index (χ1n) is 11.8. The third-order valence-corrected chi connectivity index (χ3v) is 6.57. The molecular formula is C28H27F6NO. The number of nitrogens with zero attached hydrogens (tertiary/aromatic N) is 1. The molecular weight excluding hydrogens is 480 g/mol. The fraction of sp³-hybridized carbons (Fsp3) is 0.357. The fourth-order valence-electron chi connectivity index (χ4n) is 4.72. The highest BCUT2D eigenvalue weighted by Crippen LogP contribution is 2.39. The average molecular weight is 508 g/mol. The van der Waals surface area contributed by atoms with E-state index in [4.69, 9.17) is 4.74 Å². The first-order valence-corrected chi connectivity index (χ1v) is 11.8. The van der Waals surface area contributed by atoms with Crippen LogP contribution >= 0.6 is 0 Å². The van der Waals surface area contributed by atoms with Gasteiger partial charge in [0.2, 0.25) is 0 Å². The van der Waals surface area contributed by atoms with Gasteiger partial charge in [-0.25, -0.2) is 0 Å². The minimum Gasteiger partial charge on any atom is -0.370 e. The Morgan fingerprint density at radius 2 is 1.39 bits per heavy atom. The Morgan fingerprint density at radius 3 is 1.94 bits per heavy atom. The van der Waals surface area contributed by atoms with Crippen molar-refractivity contribution in [2.24, 2.45) is 0 Å². The molecule has 0 N–H and O–H groups in total. The molecule has 0 aromatic heterocycles. The van der Waals surface area contributed by atoms with E-state index in [-0.39, 0.29) is 23.7 Å². The quantitative estimate of drug-likeness (QED) is 0.315. The van der Waals surface area contributed by atoms with Gasteiger partial charge in [0.25, 0.3) is 0 Å². The van der Waals surface area contributed by atoms with Crippen LogP contribution in [0.1, 0.15) is 53.2 Å². The van der Waals surface area contributed by atoms with Crippen LogP contribution in [0, 0.1) is 0 Å². The van der Waals surface area contributed by atoms with E-state index in [1.165, 1.54) is 12.5 Å². The highest BCUT2D eigenvalue weighted by Gasteiger charge is 2.38. The van der Waals surface area contributed by atoms with Gasteiger partial charge in [-0.3, -0.25) is 4.90 Å². The highest BCUT2D eigenvalue weighted by atomic mass is 19.4. The van der Waals surface area contributed by atoms with Crippen molar-refractivity contribution in [3.05, 3.63) is 107 Å². The van der Waals surface area contributed by atoms with Crippen LogP contribution in [0.4, 0.5) is 26.3 Å². The van der Waals surface area contributed by atoms with Crippen molar-refractivity contribution in [3.8, 4) is 0 Å². The van der Waals surface area contributed by atoms with Crippen molar-refractivity contribution in [1.82, 2.24) is 4.90 Å². The van der Waals surface area contributed by atoms with Crippen LogP contribution < -0.4 is 0 Å². The Morgan fingerprint density at radius 1 is 0.833 bits per heavy atom. The molecule has 3 atom stereocenters. The predicted molar refractivity (Wildman–Crippen MR) is 125 cm³/mol. The van der Waals surface area contributed by atoms with Gasteiger partial charge >= 0.3 is 12.4 Å². The molecule has 1 aliphatic heterocycles. The topological polar surface area (TPSA) is 12.5 Å². The maximum absolute atomic E-state index is 13.3. The van der Waals surface area contributed by atoms with Gasteiger partial charge in [-0.1, -0.05) is 60.7 Å². The molecule has 0 saturated carbocycles. The van der Waals surface area contributed by atoms with Crippen molar-refractivity contribution < 1.29 is 31.1 Å². The molecule has 1 fully saturated rings. The monoisotopic (exact) mass is 507 g/mol. The van der Waals surface area contributed by atoms with Crippen LogP contribution in [0.15, 0.2) is 78.9 Å². The first-order chi connectivity index (χ1) is 17.0. The molecule has 0 radical (unpaired) electrons. The molecule has 0 spiro atoms. The summed E-state index contributed by atoms with van der Waals surface area (Å²) in [6.45, 7) is 3.61. The summed E-state index contributed by atoms with van der Waals surface area (Å²) in [4.78, 5) is 2.30. The number of benzene rings is 3. The summed E-state index contributed by atoms with van der Waals surface area (Å²) in [5.74, 6) is -0.0843. The molecule has 2 nitrogen and oxygen atoms in total. The standard InChI is InChI=1S/C28H27F6NO/c1-19(22-14-23(27(29,30)31)16-24(15-22)28(32,33)34)36-26-12-13-35(17-20-8-4-2-5-9-20)18-25(26)21-10-6-3-7-11-21/h2-11,14-16,19,25-26H,12-13,17-18H2,1H3/t19?,25-,26-/m0/s1. The summed E-state index contributed by atoms with van der Waals surface area (Å²) in [5.41, 5.74) is -0.621. The summed E-state index contributed by atoms with van der Waals surface area (Å²) >= 11 is 0. The molecule has 36 heavy (non-hydrogen) atoms. The zero-order chi connectivity index (χ0) is 25.9. The fourth-order valence-corrected chi connectivity index (χ4v) is 4.72. The van der Waals surface area contributed by atoms with E-state index in [0.29, 0.717) is 19.5 Å². The van der Waals surface area contributed by atoms with Crippen LogP contribution in [0.5, 0.6) is 0 Å². The zero-order valence-electron chi connectivity index (χ0n) is 19.7. The number of ether oxygens (including phenoxy) is 1. The Kier molecular flexibility index (Phi) is 7.76. The lowest BCUT2D eigenvalue weighted by atomic mass is 9.87. The summed E-state index contributed by atoms with van der Waals surface area (Å²) < 4.78 is 86.3. The van der Waals surface area contributed by atoms with Gasteiger partial charge in [0, 0.05) is 25.6 Å². The Balaban J connectivity index is 1.58. The first kappa shape index (κ1) is 26.2. The van der Waals surface area contributed by atoms with Crippen molar-refractivity contribution in [2.45, 2.75) is 50.4 Å². The van der Waals surface area contributed by atoms with Crippen molar-refractivity contribution >= 4 is 0 Å². The Labute approximate surface area is 206 Å². The van der Waals surface area contributed by atoms with Gasteiger partial charge in [0.15, 0.2) is 0 Å². The van der Waals surface area contributed by atoms with Gasteiger partial charge in [0.05, 0.1) is 23.3 Å². The van der Waals surface area contributed by atoms with Gasteiger partial charge in [0.1, 0.15) is 0 Å².